The zero-order valence-corrected chi connectivity index (χ0v) is 19.6. The van der Waals surface area contributed by atoms with Crippen LogP contribution in [0.2, 0.25) is 0 Å². The number of rotatable bonds is 9. The van der Waals surface area contributed by atoms with Gasteiger partial charge in [-0.15, -0.1) is 0 Å². The number of aliphatic hydroxyl groups excluding tert-OH is 3. The van der Waals surface area contributed by atoms with E-state index in [0.717, 1.165) is 28.8 Å². The molecular formula is C18H45ClO3Si. The Morgan fingerprint density at radius 3 is 0.826 bits per heavy atom. The molecule has 0 fully saturated rings. The second-order valence-corrected chi connectivity index (χ2v) is 6.08. The van der Waals surface area contributed by atoms with Gasteiger partial charge in [-0.1, -0.05) is 60.8 Å². The third kappa shape index (κ3) is 39.3. The van der Waals surface area contributed by atoms with Crippen LogP contribution in [0, 0.1) is 17.8 Å². The van der Waals surface area contributed by atoms with E-state index >= 15 is 0 Å². The Hall–Kier alpha value is 0.387. The fourth-order valence-corrected chi connectivity index (χ4v) is 1.27. The summed E-state index contributed by atoms with van der Waals surface area (Å²) in [5, 5.41) is 25.1. The van der Waals surface area contributed by atoms with Crippen LogP contribution >= 0.6 is 11.1 Å². The first-order valence-corrected chi connectivity index (χ1v) is 12.2. The Balaban J connectivity index is -0.000000111. The predicted octanol–water partition coefficient (Wildman–Crippen LogP) is 3.75. The van der Waals surface area contributed by atoms with Crippen molar-refractivity contribution in [3.8, 4) is 0 Å². The van der Waals surface area contributed by atoms with E-state index in [1.165, 1.54) is 19.3 Å². The van der Waals surface area contributed by atoms with Gasteiger partial charge in [0.15, 0.2) is 0 Å². The highest BCUT2D eigenvalue weighted by atomic mass is 35.6. The maximum absolute atomic E-state index is 8.37. The molecule has 3 N–H and O–H groups in total. The van der Waals surface area contributed by atoms with Crippen molar-refractivity contribution in [3.63, 3.8) is 0 Å². The summed E-state index contributed by atoms with van der Waals surface area (Å²) in [5.41, 5.74) is 0. The van der Waals surface area contributed by atoms with Gasteiger partial charge in [0, 0.05) is 19.8 Å². The summed E-state index contributed by atoms with van der Waals surface area (Å²) in [6.45, 7) is 13.9. The minimum Gasteiger partial charge on any atom is -0.396 e. The minimum atomic E-state index is 0.342. The second kappa shape index (κ2) is 30.3. The Morgan fingerprint density at radius 1 is 0.609 bits per heavy atom. The molecule has 0 aliphatic carbocycles. The maximum atomic E-state index is 8.37. The first-order valence-electron chi connectivity index (χ1n) is 9.13. The topological polar surface area (TPSA) is 60.7 Å². The van der Waals surface area contributed by atoms with Crippen molar-refractivity contribution in [1.82, 2.24) is 0 Å². The summed E-state index contributed by atoms with van der Waals surface area (Å²) >= 11 is 4.78. The largest absolute Gasteiger partial charge is 0.396 e. The SMILES string of the molecule is CCC(C)CCO.CCC(C)CCO.CCC(C)CCO.[SiH3]Cl. The highest BCUT2D eigenvalue weighted by molar-refractivity contribution is 6.80. The molecule has 3 atom stereocenters. The van der Waals surface area contributed by atoms with Gasteiger partial charge in [-0.05, 0) is 37.0 Å². The molecule has 0 radical (unpaired) electrons. The Bertz CT molecular complexity index is 146. The van der Waals surface area contributed by atoms with Crippen LogP contribution in [0.5, 0.6) is 0 Å². The number of halogens is 1. The minimum absolute atomic E-state index is 0.342. The van der Waals surface area contributed by atoms with Crippen molar-refractivity contribution in [1.29, 1.82) is 0 Å². The van der Waals surface area contributed by atoms with Crippen LogP contribution < -0.4 is 0 Å². The van der Waals surface area contributed by atoms with E-state index in [4.69, 9.17) is 26.4 Å². The van der Waals surface area contributed by atoms with Crippen LogP contribution in [-0.2, 0) is 0 Å². The number of aliphatic hydroxyl groups is 3. The molecule has 146 valence electrons. The van der Waals surface area contributed by atoms with Crippen LogP contribution in [0.1, 0.15) is 80.1 Å². The molecule has 0 aromatic carbocycles. The van der Waals surface area contributed by atoms with Crippen molar-refractivity contribution >= 4 is 20.6 Å². The van der Waals surface area contributed by atoms with E-state index in [1.54, 1.807) is 0 Å². The zero-order valence-electron chi connectivity index (χ0n) is 16.8. The van der Waals surface area contributed by atoms with Gasteiger partial charge in [0.1, 0.15) is 9.55 Å². The van der Waals surface area contributed by atoms with Gasteiger partial charge in [-0.3, -0.25) is 0 Å². The number of hydrogen-bond acceptors (Lipinski definition) is 3. The highest BCUT2D eigenvalue weighted by Gasteiger charge is 1.94. The van der Waals surface area contributed by atoms with Crippen molar-refractivity contribution in [2.45, 2.75) is 80.1 Å². The molecule has 0 saturated carbocycles. The number of hydrogen-bond donors (Lipinski definition) is 3. The van der Waals surface area contributed by atoms with E-state index in [0.29, 0.717) is 37.6 Å². The van der Waals surface area contributed by atoms with Crippen LogP contribution in [-0.4, -0.2) is 44.7 Å². The average Bonchev–Trinajstić information content (AvgIpc) is 2.58. The van der Waals surface area contributed by atoms with Crippen LogP contribution in [0.15, 0.2) is 0 Å². The molecule has 0 aliphatic rings. The van der Waals surface area contributed by atoms with E-state index in [9.17, 15) is 0 Å². The van der Waals surface area contributed by atoms with Crippen LogP contribution in [0.4, 0.5) is 0 Å². The van der Waals surface area contributed by atoms with Gasteiger partial charge < -0.3 is 15.3 Å². The van der Waals surface area contributed by atoms with Crippen molar-refractivity contribution in [2.75, 3.05) is 19.8 Å². The third-order valence-electron chi connectivity index (χ3n) is 3.96. The summed E-state index contributed by atoms with van der Waals surface area (Å²) in [6.07, 6.45) is 6.41. The molecule has 0 rings (SSSR count). The Morgan fingerprint density at radius 2 is 0.783 bits per heavy atom. The fraction of sp³-hybridized carbons (Fsp3) is 1.00. The highest BCUT2D eigenvalue weighted by Crippen LogP contribution is 2.04. The summed E-state index contributed by atoms with van der Waals surface area (Å²) in [4.78, 5) is 0. The first kappa shape index (κ1) is 31.2. The molecule has 0 aliphatic heterocycles. The fourth-order valence-electron chi connectivity index (χ4n) is 1.27. The predicted molar refractivity (Wildman–Crippen MR) is 109 cm³/mol. The summed E-state index contributed by atoms with van der Waals surface area (Å²) in [6, 6.07) is 0. The zero-order chi connectivity index (χ0) is 19.1. The molecule has 3 unspecified atom stereocenters. The van der Waals surface area contributed by atoms with Crippen molar-refractivity contribution in [2.24, 2.45) is 17.8 Å². The molecule has 0 aromatic rings. The quantitative estimate of drug-likeness (QED) is 0.426. The molecule has 0 bridgehead atoms. The third-order valence-corrected chi connectivity index (χ3v) is 3.96. The molecule has 3 nitrogen and oxygen atoms in total. The lowest BCUT2D eigenvalue weighted by Crippen LogP contribution is -1.94. The monoisotopic (exact) mass is 372 g/mol. The molecule has 0 spiro atoms. The van der Waals surface area contributed by atoms with Crippen molar-refractivity contribution in [3.05, 3.63) is 0 Å². The maximum Gasteiger partial charge on any atom is 0.109 e. The van der Waals surface area contributed by atoms with Gasteiger partial charge in [-0.2, -0.15) is 11.1 Å². The standard InChI is InChI=1S/3C6H14O.ClH3Si/c3*1-3-6(2)4-5-7;1-2/h3*6-7H,3-5H2,1-2H3;2H3. The van der Waals surface area contributed by atoms with Crippen molar-refractivity contribution < 1.29 is 15.3 Å². The average molecular weight is 373 g/mol. The summed E-state index contributed by atoms with van der Waals surface area (Å²) < 4.78 is 0. The summed E-state index contributed by atoms with van der Waals surface area (Å²) in [7, 11) is 0.778. The second-order valence-electron chi connectivity index (χ2n) is 6.08. The lowest BCUT2D eigenvalue weighted by atomic mass is 10.1. The molecule has 5 heteroatoms. The first-order chi connectivity index (χ1) is 10.9. The molecule has 0 heterocycles. The van der Waals surface area contributed by atoms with E-state index in [-0.39, 0.29) is 0 Å². The molecule has 0 amide bonds. The lowest BCUT2D eigenvalue weighted by molar-refractivity contribution is 0.260. The van der Waals surface area contributed by atoms with E-state index in [1.807, 2.05) is 0 Å². The van der Waals surface area contributed by atoms with Crippen LogP contribution in [0.25, 0.3) is 0 Å². The van der Waals surface area contributed by atoms with Gasteiger partial charge in [0.25, 0.3) is 0 Å². The normalized spacial score (nSPS) is 13.3. The smallest absolute Gasteiger partial charge is 0.109 e. The molecule has 0 saturated heterocycles. The van der Waals surface area contributed by atoms with Gasteiger partial charge in [0.05, 0.1) is 0 Å². The Labute approximate surface area is 154 Å². The van der Waals surface area contributed by atoms with E-state index in [2.05, 4.69) is 41.5 Å². The van der Waals surface area contributed by atoms with Gasteiger partial charge in [0.2, 0.25) is 0 Å². The van der Waals surface area contributed by atoms with Gasteiger partial charge in [-0.25, -0.2) is 0 Å². The lowest BCUT2D eigenvalue weighted by Gasteiger charge is -2.02. The Kier molecular flexibility index (Phi) is 41.1. The van der Waals surface area contributed by atoms with Gasteiger partial charge >= 0.3 is 0 Å². The molecular weight excluding hydrogens is 328 g/mol. The summed E-state index contributed by atoms with van der Waals surface area (Å²) in [5.74, 6) is 2.10. The molecule has 23 heavy (non-hydrogen) atoms. The molecule has 0 aromatic heterocycles. The van der Waals surface area contributed by atoms with E-state index < -0.39 is 0 Å². The van der Waals surface area contributed by atoms with Crippen LogP contribution in [0.3, 0.4) is 0 Å².